The highest BCUT2D eigenvalue weighted by atomic mass is 16.8. The molecular weight excluding hydrogens is 872 g/mol. The minimum atomic E-state index is -2.03. The number of esters is 1. The summed E-state index contributed by atoms with van der Waals surface area (Å²) in [5.74, 6) is -3.40. The molecule has 3 aliphatic rings. The van der Waals surface area contributed by atoms with Crippen molar-refractivity contribution < 1.29 is 113 Å². The number of hydrogen-bond acceptors (Lipinski definition) is 22. The smallest absolute Gasteiger partial charge is 0.402 e. The van der Waals surface area contributed by atoms with Crippen LogP contribution in [0.15, 0.2) is 65.1 Å². The van der Waals surface area contributed by atoms with Crippen LogP contribution in [0.3, 0.4) is 0 Å². The van der Waals surface area contributed by atoms with Gasteiger partial charge in [0.1, 0.15) is 84.5 Å². The Hall–Kier alpha value is -5.64. The van der Waals surface area contributed by atoms with E-state index in [0.29, 0.717) is 5.56 Å². The molecule has 0 bridgehead atoms. The molecule has 0 saturated carbocycles. The molecule has 0 spiro atoms. The van der Waals surface area contributed by atoms with E-state index >= 15 is 0 Å². The van der Waals surface area contributed by atoms with Crippen molar-refractivity contribution in [2.24, 2.45) is 0 Å². The van der Waals surface area contributed by atoms with Crippen molar-refractivity contribution in [1.82, 2.24) is 0 Å². The minimum absolute atomic E-state index is 0.0418. The number of carbonyl (C=O) groups excluding carboxylic acids is 1. The van der Waals surface area contributed by atoms with Crippen molar-refractivity contribution in [1.29, 1.82) is 0 Å². The SMILES string of the molecule is COc1cc(/C=C/C(=O)OCC2O[C@@H](OCC3O[C@@H](Oc4cc5c(O)cc(O)cc5[o+]c4-c4ccc(O)c(O)c4)C(O[C@@H]4OC[C@@H](O)C(O)[C@H]4O)C(O)[C@H]3O)C(O)[C@@H](O)[C@@H]2O)ccc1O. The van der Waals surface area contributed by atoms with E-state index in [0.717, 1.165) is 30.3 Å². The number of carbonyl (C=O) groups is 1. The van der Waals surface area contributed by atoms with E-state index in [-0.39, 0.29) is 39.5 Å². The van der Waals surface area contributed by atoms with Gasteiger partial charge in [-0.05, 0) is 35.9 Å². The number of rotatable bonds is 13. The monoisotopic (exact) mass is 919 g/mol. The largest absolute Gasteiger partial charge is 0.507 e. The molecule has 0 aliphatic carbocycles. The third kappa shape index (κ3) is 10.3. The van der Waals surface area contributed by atoms with Crippen LogP contribution in [0, 0.1) is 0 Å². The molecule has 352 valence electrons. The number of hydrogen-bond donors (Lipinski definition) is 13. The number of aliphatic hydroxyl groups excluding tert-OH is 8. The summed E-state index contributed by atoms with van der Waals surface area (Å²) in [4.78, 5) is 12.5. The lowest BCUT2D eigenvalue weighted by atomic mass is 9.98. The number of aromatic hydroxyl groups is 5. The first-order valence-electron chi connectivity index (χ1n) is 19.8. The first-order chi connectivity index (χ1) is 30.9. The van der Waals surface area contributed by atoms with Crippen molar-refractivity contribution in [3.05, 3.63) is 66.2 Å². The molecule has 13 N–H and O–H groups in total. The van der Waals surface area contributed by atoms with Gasteiger partial charge < -0.3 is 104 Å². The summed E-state index contributed by atoms with van der Waals surface area (Å²) in [6.45, 7) is -1.95. The molecule has 4 heterocycles. The van der Waals surface area contributed by atoms with Crippen molar-refractivity contribution in [3.63, 3.8) is 0 Å². The number of ether oxygens (including phenoxy) is 8. The Kier molecular flexibility index (Phi) is 14.5. The molecule has 3 fully saturated rings. The third-order valence-corrected chi connectivity index (χ3v) is 10.8. The summed E-state index contributed by atoms with van der Waals surface area (Å²) in [6.07, 6.45) is -22.8. The predicted molar refractivity (Wildman–Crippen MR) is 214 cm³/mol. The third-order valence-electron chi connectivity index (χ3n) is 10.8. The van der Waals surface area contributed by atoms with Gasteiger partial charge in [-0.2, -0.15) is 0 Å². The van der Waals surface area contributed by atoms with Crippen LogP contribution in [0.25, 0.3) is 28.4 Å². The van der Waals surface area contributed by atoms with Gasteiger partial charge in [-0.25, -0.2) is 9.21 Å². The average molecular weight is 920 g/mol. The maximum Gasteiger partial charge on any atom is 0.402 e. The van der Waals surface area contributed by atoms with Gasteiger partial charge in [-0.1, -0.05) is 6.07 Å². The Morgan fingerprint density at radius 1 is 0.692 bits per heavy atom. The van der Waals surface area contributed by atoms with Gasteiger partial charge in [0.2, 0.25) is 12.0 Å². The molecule has 0 amide bonds. The lowest BCUT2D eigenvalue weighted by Gasteiger charge is -2.45. The molecule has 0 radical (unpaired) electrons. The topological polar surface area (TPSA) is 365 Å². The molecule has 65 heavy (non-hydrogen) atoms. The van der Waals surface area contributed by atoms with Crippen LogP contribution in [-0.2, 0) is 33.2 Å². The summed E-state index contributed by atoms with van der Waals surface area (Å²) in [7, 11) is 1.34. The second-order valence-corrected chi connectivity index (χ2v) is 15.3. The van der Waals surface area contributed by atoms with Crippen molar-refractivity contribution in [2.75, 3.05) is 26.9 Å². The van der Waals surface area contributed by atoms with E-state index in [1.165, 1.54) is 43.5 Å². The first-order valence-corrected chi connectivity index (χ1v) is 19.8. The summed E-state index contributed by atoms with van der Waals surface area (Å²) in [6, 6.07) is 11.2. The average Bonchev–Trinajstić information content (AvgIpc) is 3.28. The Morgan fingerprint density at radius 3 is 2.12 bits per heavy atom. The van der Waals surface area contributed by atoms with Crippen molar-refractivity contribution in [2.45, 2.75) is 86.0 Å². The van der Waals surface area contributed by atoms with E-state index in [1.807, 2.05) is 0 Å². The fraction of sp³-hybridized carbons (Fsp3) is 0.429. The second-order valence-electron chi connectivity index (χ2n) is 15.3. The van der Waals surface area contributed by atoms with Crippen LogP contribution in [-0.4, -0.2) is 185 Å². The molecule has 3 aliphatic heterocycles. The zero-order valence-electron chi connectivity index (χ0n) is 34.0. The van der Waals surface area contributed by atoms with E-state index < -0.39 is 135 Å². The molecule has 7 rings (SSSR count). The number of benzene rings is 3. The quantitative estimate of drug-likeness (QED) is 0.0319. The van der Waals surface area contributed by atoms with Crippen LogP contribution < -0.4 is 9.47 Å². The number of fused-ring (bicyclic) bond motifs is 1. The zero-order valence-corrected chi connectivity index (χ0v) is 34.0. The van der Waals surface area contributed by atoms with Crippen LogP contribution in [0.5, 0.6) is 40.2 Å². The van der Waals surface area contributed by atoms with Gasteiger partial charge in [-0.15, -0.1) is 0 Å². The van der Waals surface area contributed by atoms with Gasteiger partial charge >= 0.3 is 17.3 Å². The Morgan fingerprint density at radius 2 is 1.38 bits per heavy atom. The molecule has 14 atom stereocenters. The van der Waals surface area contributed by atoms with Crippen LogP contribution in [0.1, 0.15) is 5.56 Å². The van der Waals surface area contributed by atoms with E-state index in [1.54, 1.807) is 0 Å². The van der Waals surface area contributed by atoms with Gasteiger partial charge in [0.05, 0.1) is 32.0 Å². The van der Waals surface area contributed by atoms with Crippen LogP contribution in [0.4, 0.5) is 0 Å². The fourth-order valence-electron chi connectivity index (χ4n) is 7.16. The number of methoxy groups -OCH3 is 1. The van der Waals surface area contributed by atoms with Crippen LogP contribution >= 0.6 is 0 Å². The highest BCUT2D eigenvalue weighted by Gasteiger charge is 2.52. The van der Waals surface area contributed by atoms with Crippen molar-refractivity contribution >= 4 is 23.0 Å². The minimum Gasteiger partial charge on any atom is -0.507 e. The van der Waals surface area contributed by atoms with Crippen LogP contribution in [0.2, 0.25) is 0 Å². The highest BCUT2D eigenvalue weighted by molar-refractivity contribution is 5.89. The van der Waals surface area contributed by atoms with Gasteiger partial charge in [-0.3, -0.25) is 0 Å². The standard InChI is InChI=1S/C42H46O23/c1-57-26-8-16(2-5-21(26)45)3-7-30(49)58-14-28-32(51)34(53)37(56)40(63-28)60-15-29-33(52)35(54)39(65-41-36(55)31(50)24(48)13-59-41)42(64-29)62-27-12-19-22(46)10-18(43)11-25(19)61-38(27)17-4-6-20(44)23(47)9-17/h2-12,24,28-29,31-37,39-42,48,50-56H,13-15H2,1H3,(H4-,43,44,45,46,47,49)/p+1/t24-,28?,29?,31?,32-,33+,34+,35?,36-,37?,39?,40-,41+,42-/m1/s1. The summed E-state index contributed by atoms with van der Waals surface area (Å²) in [5.41, 5.74) is 0.417. The molecule has 4 aromatic rings. The number of phenolic OH excluding ortho intramolecular Hbond substituents is 5. The molecule has 23 heteroatoms. The molecule has 23 nitrogen and oxygen atoms in total. The van der Waals surface area contributed by atoms with E-state index in [4.69, 9.17) is 42.3 Å². The maximum atomic E-state index is 12.5. The summed E-state index contributed by atoms with van der Waals surface area (Å²) >= 11 is 0. The molecule has 3 aromatic carbocycles. The van der Waals surface area contributed by atoms with E-state index in [9.17, 15) is 71.2 Å². The number of aliphatic hydroxyl groups is 8. The zero-order chi connectivity index (χ0) is 46.9. The Bertz CT molecular complexity index is 2340. The Balaban J connectivity index is 1.12. The highest BCUT2D eigenvalue weighted by Crippen LogP contribution is 2.43. The normalized spacial score (nSPS) is 31.8. The van der Waals surface area contributed by atoms with Gasteiger partial charge in [0.15, 0.2) is 41.7 Å². The van der Waals surface area contributed by atoms with Gasteiger partial charge in [0, 0.05) is 24.3 Å². The lowest BCUT2D eigenvalue weighted by Crippen LogP contribution is -2.64. The first kappa shape index (κ1) is 47.3. The van der Waals surface area contributed by atoms with Gasteiger partial charge in [0.25, 0.3) is 0 Å². The lowest BCUT2D eigenvalue weighted by molar-refractivity contribution is -0.353. The summed E-state index contributed by atoms with van der Waals surface area (Å²) in [5, 5.41) is 137. The molecular formula is C42H47O23+. The summed E-state index contributed by atoms with van der Waals surface area (Å²) < 4.78 is 51.0. The van der Waals surface area contributed by atoms with Crippen molar-refractivity contribution in [3.8, 4) is 51.6 Å². The molecule has 3 saturated heterocycles. The van der Waals surface area contributed by atoms with E-state index in [2.05, 4.69) is 0 Å². The fourth-order valence-corrected chi connectivity index (χ4v) is 7.16. The molecule has 6 unspecified atom stereocenters. The second kappa shape index (κ2) is 19.8. The Labute approximate surface area is 366 Å². The maximum absolute atomic E-state index is 12.5. The molecule has 1 aromatic heterocycles. The predicted octanol–water partition coefficient (Wildman–Crippen LogP) is -1.35. The number of phenols is 5.